The summed E-state index contributed by atoms with van der Waals surface area (Å²) in [6, 6.07) is 3.83. The maximum atomic E-state index is 11.5. The first-order chi connectivity index (χ1) is 9.20. The molecule has 4 nitrogen and oxygen atoms in total. The minimum absolute atomic E-state index is 0.401. The average Bonchev–Trinajstić information content (AvgIpc) is 2.71. The molecule has 98 valence electrons. The molecule has 1 N–H and O–H groups in total. The second-order valence-electron chi connectivity index (χ2n) is 4.64. The van der Waals surface area contributed by atoms with Gasteiger partial charge < -0.3 is 9.67 Å². The number of hydrogen-bond donors (Lipinski definition) is 1. The van der Waals surface area contributed by atoms with E-state index in [9.17, 15) is 9.90 Å². The number of pyridine rings is 1. The molecule has 0 bridgehead atoms. The lowest BCUT2D eigenvalue weighted by atomic mass is 10.1. The Hall–Kier alpha value is -1.62. The number of hydrogen-bond acceptors (Lipinski definition) is 2. The van der Waals surface area contributed by atoms with Crippen LogP contribution in [-0.2, 0) is 13.0 Å². The molecular formula is C14H13BrN2O2. The topological polar surface area (TPSA) is 55.1 Å². The molecule has 19 heavy (non-hydrogen) atoms. The van der Waals surface area contributed by atoms with Crippen LogP contribution in [0.25, 0.3) is 11.3 Å². The molecule has 3 heterocycles. The van der Waals surface area contributed by atoms with Crippen LogP contribution in [0.4, 0.5) is 0 Å². The summed E-state index contributed by atoms with van der Waals surface area (Å²) in [5.41, 5.74) is 3.20. The Morgan fingerprint density at radius 2 is 2.26 bits per heavy atom. The number of nitrogens with zero attached hydrogens (tertiary/aromatic N) is 2. The maximum absolute atomic E-state index is 11.5. The van der Waals surface area contributed by atoms with Crippen LogP contribution in [-0.4, -0.2) is 20.6 Å². The van der Waals surface area contributed by atoms with Gasteiger partial charge in [0.25, 0.3) is 0 Å². The fraction of sp³-hybridized carbons (Fsp3) is 0.286. The van der Waals surface area contributed by atoms with Gasteiger partial charge in [-0.3, -0.25) is 4.98 Å². The van der Waals surface area contributed by atoms with Crippen LogP contribution in [0, 0.1) is 0 Å². The van der Waals surface area contributed by atoms with Crippen LogP contribution in [0.15, 0.2) is 29.0 Å². The minimum atomic E-state index is -0.868. The predicted molar refractivity (Wildman–Crippen MR) is 75.3 cm³/mol. The molecule has 2 aromatic rings. The van der Waals surface area contributed by atoms with Crippen molar-refractivity contribution in [3.63, 3.8) is 0 Å². The van der Waals surface area contributed by atoms with Gasteiger partial charge in [-0.2, -0.15) is 0 Å². The molecule has 0 radical (unpaired) electrons. The Morgan fingerprint density at radius 3 is 2.95 bits per heavy atom. The van der Waals surface area contributed by atoms with E-state index in [0.29, 0.717) is 10.0 Å². The summed E-state index contributed by atoms with van der Waals surface area (Å²) in [5, 5.41) is 9.42. The van der Waals surface area contributed by atoms with Crippen molar-refractivity contribution in [1.82, 2.24) is 9.55 Å². The van der Waals surface area contributed by atoms with Crippen LogP contribution < -0.4 is 0 Å². The molecule has 1 aliphatic rings. The van der Waals surface area contributed by atoms with Gasteiger partial charge >= 0.3 is 5.97 Å². The molecule has 1 aliphatic heterocycles. The molecule has 0 fully saturated rings. The molecule has 0 saturated carbocycles. The third kappa shape index (κ3) is 1.98. The number of aromatic nitrogens is 2. The molecule has 0 spiro atoms. The van der Waals surface area contributed by atoms with E-state index < -0.39 is 5.97 Å². The highest BCUT2D eigenvalue weighted by Gasteiger charge is 2.27. The van der Waals surface area contributed by atoms with Gasteiger partial charge in [-0.25, -0.2) is 4.79 Å². The van der Waals surface area contributed by atoms with Crippen molar-refractivity contribution in [2.24, 2.45) is 0 Å². The lowest BCUT2D eigenvalue weighted by Crippen LogP contribution is -2.13. The molecular weight excluding hydrogens is 308 g/mol. The van der Waals surface area contributed by atoms with Crippen molar-refractivity contribution in [3.8, 4) is 11.3 Å². The molecule has 2 aromatic heterocycles. The minimum Gasteiger partial charge on any atom is -0.478 e. The number of carboxylic acids is 1. The molecule has 0 atom stereocenters. The summed E-state index contributed by atoms with van der Waals surface area (Å²) in [6.07, 6.45) is 6.44. The first-order valence-electron chi connectivity index (χ1n) is 6.24. The summed E-state index contributed by atoms with van der Waals surface area (Å²) in [5.74, 6) is -0.868. The number of carbonyl (C=O) groups is 1. The smallest absolute Gasteiger partial charge is 0.338 e. The lowest BCUT2D eigenvalue weighted by Gasteiger charge is -2.18. The quantitative estimate of drug-likeness (QED) is 0.923. The van der Waals surface area contributed by atoms with E-state index in [1.54, 1.807) is 12.4 Å². The standard InChI is InChI=1S/C14H13BrN2O2/c15-12-11(14(18)19)10-5-1-2-7-17(10)13(12)9-4-3-6-16-8-9/h3-4,6,8H,1-2,5,7H2,(H,18,19). The zero-order chi connectivity index (χ0) is 13.4. The Labute approximate surface area is 119 Å². The second-order valence-corrected chi connectivity index (χ2v) is 5.43. The van der Waals surface area contributed by atoms with Gasteiger partial charge in [0.2, 0.25) is 0 Å². The van der Waals surface area contributed by atoms with E-state index in [0.717, 1.165) is 42.8 Å². The van der Waals surface area contributed by atoms with E-state index in [1.165, 1.54) is 0 Å². The van der Waals surface area contributed by atoms with Gasteiger partial charge in [-0.15, -0.1) is 0 Å². The third-order valence-electron chi connectivity index (χ3n) is 3.51. The SMILES string of the molecule is O=C(O)c1c(Br)c(-c2cccnc2)n2c1CCCC2. The summed E-state index contributed by atoms with van der Waals surface area (Å²) in [7, 11) is 0. The van der Waals surface area contributed by atoms with Crippen LogP contribution in [0.2, 0.25) is 0 Å². The van der Waals surface area contributed by atoms with Crippen LogP contribution >= 0.6 is 15.9 Å². The van der Waals surface area contributed by atoms with Crippen molar-refractivity contribution in [1.29, 1.82) is 0 Å². The Bertz CT molecular complexity index is 635. The molecule has 0 amide bonds. The van der Waals surface area contributed by atoms with Crippen LogP contribution in [0.3, 0.4) is 0 Å². The molecule has 3 rings (SSSR count). The van der Waals surface area contributed by atoms with E-state index in [4.69, 9.17) is 0 Å². The molecule has 5 heteroatoms. The summed E-state index contributed by atoms with van der Waals surface area (Å²) >= 11 is 3.47. The first-order valence-corrected chi connectivity index (χ1v) is 7.04. The Morgan fingerprint density at radius 1 is 1.42 bits per heavy atom. The van der Waals surface area contributed by atoms with E-state index in [2.05, 4.69) is 25.5 Å². The number of aromatic carboxylic acids is 1. The van der Waals surface area contributed by atoms with E-state index in [-0.39, 0.29) is 0 Å². The Kier molecular flexibility index (Phi) is 3.14. The Balaban J connectivity index is 2.28. The summed E-state index contributed by atoms with van der Waals surface area (Å²) in [4.78, 5) is 15.6. The van der Waals surface area contributed by atoms with Gasteiger partial charge in [0.05, 0.1) is 15.7 Å². The monoisotopic (exact) mass is 320 g/mol. The zero-order valence-electron chi connectivity index (χ0n) is 10.3. The van der Waals surface area contributed by atoms with Crippen molar-refractivity contribution >= 4 is 21.9 Å². The van der Waals surface area contributed by atoms with Gasteiger partial charge in [0.1, 0.15) is 0 Å². The van der Waals surface area contributed by atoms with E-state index >= 15 is 0 Å². The highest BCUT2D eigenvalue weighted by molar-refractivity contribution is 9.10. The highest BCUT2D eigenvalue weighted by Crippen LogP contribution is 2.38. The van der Waals surface area contributed by atoms with Crippen LogP contribution in [0.5, 0.6) is 0 Å². The molecule has 0 saturated heterocycles. The second kappa shape index (κ2) is 4.81. The number of halogens is 1. The fourth-order valence-electron chi connectivity index (χ4n) is 2.71. The third-order valence-corrected chi connectivity index (χ3v) is 4.28. The van der Waals surface area contributed by atoms with Crippen molar-refractivity contribution in [2.75, 3.05) is 0 Å². The number of rotatable bonds is 2. The fourth-order valence-corrected chi connectivity index (χ4v) is 3.55. The summed E-state index contributed by atoms with van der Waals surface area (Å²) in [6.45, 7) is 0.867. The van der Waals surface area contributed by atoms with Crippen molar-refractivity contribution in [3.05, 3.63) is 40.3 Å². The van der Waals surface area contributed by atoms with Gasteiger partial charge in [0.15, 0.2) is 0 Å². The maximum Gasteiger partial charge on any atom is 0.338 e. The van der Waals surface area contributed by atoms with Gasteiger partial charge in [-0.05, 0) is 47.3 Å². The predicted octanol–water partition coefficient (Wildman–Crippen LogP) is 3.35. The first kappa shape index (κ1) is 12.4. The zero-order valence-corrected chi connectivity index (χ0v) is 11.9. The van der Waals surface area contributed by atoms with Gasteiger partial charge in [0, 0.05) is 30.2 Å². The largest absolute Gasteiger partial charge is 0.478 e. The molecule has 0 aromatic carbocycles. The van der Waals surface area contributed by atoms with E-state index in [1.807, 2.05) is 12.1 Å². The summed E-state index contributed by atoms with van der Waals surface area (Å²) < 4.78 is 2.79. The molecule has 0 aliphatic carbocycles. The van der Waals surface area contributed by atoms with Crippen molar-refractivity contribution < 1.29 is 9.90 Å². The van der Waals surface area contributed by atoms with Crippen LogP contribution in [0.1, 0.15) is 28.9 Å². The number of fused-ring (bicyclic) bond motifs is 1. The van der Waals surface area contributed by atoms with Crippen molar-refractivity contribution in [2.45, 2.75) is 25.8 Å². The lowest BCUT2D eigenvalue weighted by molar-refractivity contribution is 0.0694. The normalized spacial score (nSPS) is 14.2. The van der Waals surface area contributed by atoms with Gasteiger partial charge in [-0.1, -0.05) is 0 Å². The molecule has 0 unspecified atom stereocenters. The average molecular weight is 321 g/mol. The number of carboxylic acid groups (broad SMARTS) is 1. The highest BCUT2D eigenvalue weighted by atomic mass is 79.9.